The molecule has 1 aliphatic heterocycles. The lowest BCUT2D eigenvalue weighted by atomic mass is 10.1. The molecule has 1 heterocycles. The Morgan fingerprint density at radius 3 is 2.64 bits per heavy atom. The summed E-state index contributed by atoms with van der Waals surface area (Å²) in [5.74, 6) is -0.745. The van der Waals surface area contributed by atoms with E-state index in [0.717, 1.165) is 0 Å². The van der Waals surface area contributed by atoms with Crippen LogP contribution in [0.3, 0.4) is 0 Å². The summed E-state index contributed by atoms with van der Waals surface area (Å²) in [5, 5.41) is 0. The molecule has 14 heavy (non-hydrogen) atoms. The molecule has 3 N–H and O–H groups in total. The largest absolute Gasteiger partial charge is 0.447 e. The van der Waals surface area contributed by atoms with Crippen LogP contribution in [-0.4, -0.2) is 41.9 Å². The number of primary amides is 1. The third-order valence-electron chi connectivity index (χ3n) is 1.65. The molecule has 1 fully saturated rings. The SMILES string of the molecule is NC(=O)OCC1CC(=O)N1S(=O)(=O)O. The van der Waals surface area contributed by atoms with Crippen molar-refractivity contribution in [3.8, 4) is 0 Å². The van der Waals surface area contributed by atoms with Gasteiger partial charge in [0, 0.05) is 0 Å². The molecule has 9 heteroatoms. The molecule has 2 amide bonds. The van der Waals surface area contributed by atoms with E-state index in [9.17, 15) is 18.0 Å². The fourth-order valence-corrected chi connectivity index (χ4v) is 1.93. The molecule has 8 nitrogen and oxygen atoms in total. The Hall–Kier alpha value is -1.35. The van der Waals surface area contributed by atoms with Crippen molar-refractivity contribution < 1.29 is 27.3 Å². The predicted octanol–water partition coefficient (Wildman–Crippen LogP) is -1.51. The zero-order valence-electron chi connectivity index (χ0n) is 6.91. The van der Waals surface area contributed by atoms with Crippen LogP contribution in [0.1, 0.15) is 6.42 Å². The van der Waals surface area contributed by atoms with Crippen molar-refractivity contribution in [3.63, 3.8) is 0 Å². The Morgan fingerprint density at radius 1 is 1.71 bits per heavy atom. The second kappa shape index (κ2) is 3.42. The van der Waals surface area contributed by atoms with E-state index in [4.69, 9.17) is 4.55 Å². The zero-order valence-corrected chi connectivity index (χ0v) is 7.73. The van der Waals surface area contributed by atoms with Crippen LogP contribution < -0.4 is 5.73 Å². The van der Waals surface area contributed by atoms with Crippen LogP contribution in [0.15, 0.2) is 0 Å². The summed E-state index contributed by atoms with van der Waals surface area (Å²) in [7, 11) is -4.56. The summed E-state index contributed by atoms with van der Waals surface area (Å²) in [6.45, 7) is -0.346. The summed E-state index contributed by atoms with van der Waals surface area (Å²) in [6, 6.07) is -0.856. The molecule has 1 aliphatic rings. The topological polar surface area (TPSA) is 127 Å². The minimum Gasteiger partial charge on any atom is -0.447 e. The summed E-state index contributed by atoms with van der Waals surface area (Å²) in [6.07, 6.45) is -1.17. The van der Waals surface area contributed by atoms with Gasteiger partial charge in [-0.3, -0.25) is 9.35 Å². The molecule has 0 saturated carbocycles. The molecular weight excluding hydrogens is 216 g/mol. The van der Waals surface area contributed by atoms with Gasteiger partial charge in [-0.05, 0) is 0 Å². The fourth-order valence-electron chi connectivity index (χ4n) is 1.09. The van der Waals surface area contributed by atoms with Crippen molar-refractivity contribution in [2.75, 3.05) is 6.61 Å². The smallest absolute Gasteiger partial charge is 0.404 e. The number of rotatable bonds is 3. The second-order valence-corrected chi connectivity index (χ2v) is 3.94. The van der Waals surface area contributed by atoms with E-state index in [1.54, 1.807) is 0 Å². The van der Waals surface area contributed by atoms with Crippen molar-refractivity contribution in [1.82, 2.24) is 4.31 Å². The standard InChI is InChI=1S/C5H8N2O6S/c6-5(9)13-2-3-1-4(8)7(3)14(10,11)12/h3H,1-2H2,(H2,6,9)(H,10,11,12). The van der Waals surface area contributed by atoms with Gasteiger partial charge in [-0.15, -0.1) is 0 Å². The van der Waals surface area contributed by atoms with Gasteiger partial charge in [0.2, 0.25) is 5.91 Å². The average Bonchev–Trinajstić information content (AvgIpc) is 1.92. The average molecular weight is 224 g/mol. The molecule has 0 aliphatic carbocycles. The highest BCUT2D eigenvalue weighted by molar-refractivity contribution is 7.84. The summed E-state index contributed by atoms with van der Waals surface area (Å²) in [4.78, 5) is 20.9. The van der Waals surface area contributed by atoms with E-state index < -0.39 is 28.3 Å². The van der Waals surface area contributed by atoms with Gasteiger partial charge in [0.1, 0.15) is 6.61 Å². The highest BCUT2D eigenvalue weighted by Gasteiger charge is 2.44. The lowest BCUT2D eigenvalue weighted by molar-refractivity contribution is -0.139. The number of carbonyl (C=O) groups is 2. The highest BCUT2D eigenvalue weighted by atomic mass is 32.2. The van der Waals surface area contributed by atoms with Crippen LogP contribution in [0, 0.1) is 0 Å². The Balaban J connectivity index is 2.58. The maximum absolute atomic E-state index is 10.7. The van der Waals surface area contributed by atoms with Crippen LogP contribution in [0.4, 0.5) is 4.79 Å². The van der Waals surface area contributed by atoms with Crippen molar-refractivity contribution in [2.24, 2.45) is 5.73 Å². The number of β-lactam (4-membered cyclic amide) rings is 1. The van der Waals surface area contributed by atoms with Crippen molar-refractivity contribution in [1.29, 1.82) is 0 Å². The number of hydrogen-bond donors (Lipinski definition) is 2. The lowest BCUT2D eigenvalue weighted by Gasteiger charge is -2.35. The van der Waals surface area contributed by atoms with Gasteiger partial charge in [-0.25, -0.2) is 9.10 Å². The van der Waals surface area contributed by atoms with Crippen LogP contribution in [-0.2, 0) is 19.8 Å². The van der Waals surface area contributed by atoms with E-state index >= 15 is 0 Å². The molecule has 0 bridgehead atoms. The van der Waals surface area contributed by atoms with Crippen LogP contribution in [0.2, 0.25) is 0 Å². The first kappa shape index (κ1) is 10.7. The zero-order chi connectivity index (χ0) is 10.9. The third kappa shape index (κ3) is 2.12. The Labute approximate surface area is 79.5 Å². The van der Waals surface area contributed by atoms with E-state index in [-0.39, 0.29) is 17.3 Å². The highest BCUT2D eigenvalue weighted by Crippen LogP contribution is 2.22. The van der Waals surface area contributed by atoms with Gasteiger partial charge in [-0.2, -0.15) is 8.42 Å². The molecule has 0 spiro atoms. The van der Waals surface area contributed by atoms with E-state index in [2.05, 4.69) is 10.5 Å². The first-order valence-corrected chi connectivity index (χ1v) is 4.94. The summed E-state index contributed by atoms with van der Waals surface area (Å²) in [5.41, 5.74) is 4.63. The van der Waals surface area contributed by atoms with Gasteiger partial charge in [0.15, 0.2) is 0 Å². The molecule has 0 aromatic rings. The monoisotopic (exact) mass is 224 g/mol. The number of amides is 2. The first-order chi connectivity index (χ1) is 6.32. The van der Waals surface area contributed by atoms with Gasteiger partial charge >= 0.3 is 16.4 Å². The minimum atomic E-state index is -4.56. The molecule has 0 radical (unpaired) electrons. The lowest BCUT2D eigenvalue weighted by Crippen LogP contribution is -2.57. The predicted molar refractivity (Wildman–Crippen MR) is 42.3 cm³/mol. The third-order valence-corrected chi connectivity index (χ3v) is 2.65. The second-order valence-electron chi connectivity index (χ2n) is 2.66. The summed E-state index contributed by atoms with van der Waals surface area (Å²) < 4.78 is 34.2. The van der Waals surface area contributed by atoms with Crippen molar-refractivity contribution >= 4 is 22.3 Å². The van der Waals surface area contributed by atoms with E-state index in [1.165, 1.54) is 0 Å². The Morgan fingerprint density at radius 2 is 2.29 bits per heavy atom. The van der Waals surface area contributed by atoms with Crippen molar-refractivity contribution in [3.05, 3.63) is 0 Å². The maximum Gasteiger partial charge on any atom is 0.404 e. The molecular formula is C5H8N2O6S. The summed E-state index contributed by atoms with van der Waals surface area (Å²) >= 11 is 0. The molecule has 1 saturated heterocycles. The van der Waals surface area contributed by atoms with Crippen LogP contribution >= 0.6 is 0 Å². The molecule has 0 aromatic carbocycles. The quantitative estimate of drug-likeness (QED) is 0.443. The number of nitrogens with zero attached hydrogens (tertiary/aromatic N) is 1. The molecule has 1 atom stereocenters. The fraction of sp³-hybridized carbons (Fsp3) is 0.600. The minimum absolute atomic E-state index is 0.104. The normalized spacial score (nSPS) is 21.6. The Bertz CT molecular complexity index is 362. The van der Waals surface area contributed by atoms with Crippen LogP contribution in [0.25, 0.3) is 0 Å². The number of hydrogen-bond acceptors (Lipinski definition) is 5. The first-order valence-electron chi connectivity index (χ1n) is 3.54. The van der Waals surface area contributed by atoms with Crippen LogP contribution in [0.5, 0.6) is 0 Å². The molecule has 80 valence electrons. The van der Waals surface area contributed by atoms with Gasteiger partial charge in [-0.1, -0.05) is 0 Å². The van der Waals surface area contributed by atoms with Crippen molar-refractivity contribution in [2.45, 2.75) is 12.5 Å². The molecule has 1 unspecified atom stereocenters. The maximum atomic E-state index is 10.7. The number of ether oxygens (including phenoxy) is 1. The molecule has 0 aromatic heterocycles. The molecule has 1 rings (SSSR count). The van der Waals surface area contributed by atoms with Gasteiger partial charge in [0.25, 0.3) is 0 Å². The van der Waals surface area contributed by atoms with E-state index in [0.29, 0.717) is 0 Å². The van der Waals surface area contributed by atoms with E-state index in [1.807, 2.05) is 0 Å². The number of nitrogens with two attached hydrogens (primary N) is 1. The van der Waals surface area contributed by atoms with Gasteiger partial charge in [0.05, 0.1) is 12.5 Å². The van der Waals surface area contributed by atoms with Gasteiger partial charge < -0.3 is 10.5 Å². The Kier molecular flexibility index (Phi) is 2.62. The number of carbonyl (C=O) groups excluding carboxylic acids is 2.